The van der Waals surface area contributed by atoms with Crippen LogP contribution in [-0.4, -0.2) is 32.8 Å². The van der Waals surface area contributed by atoms with Crippen LogP contribution >= 0.6 is 0 Å². The molecule has 0 spiro atoms. The van der Waals surface area contributed by atoms with Crippen molar-refractivity contribution in [2.75, 3.05) is 26.7 Å². The average molecular weight is 188 g/mol. The summed E-state index contributed by atoms with van der Waals surface area (Å²) in [7, 11) is 1.88. The molecule has 0 heterocycles. The van der Waals surface area contributed by atoms with Crippen LogP contribution in [0.5, 0.6) is 0 Å². The number of alkyl carbamates (subject to hydrolysis) is 1. The van der Waals surface area contributed by atoms with Crippen molar-refractivity contribution in [3.63, 3.8) is 0 Å². The summed E-state index contributed by atoms with van der Waals surface area (Å²) in [5.41, 5.74) is -0.0141. The van der Waals surface area contributed by atoms with E-state index in [-0.39, 0.29) is 11.5 Å². The number of ether oxygens (including phenoxy) is 1. The molecule has 0 aromatic heterocycles. The maximum Gasteiger partial charge on any atom is 0.407 e. The number of carbonyl (C=O) groups excluding carboxylic acids is 1. The smallest absolute Gasteiger partial charge is 0.407 e. The van der Waals surface area contributed by atoms with Crippen molar-refractivity contribution in [2.45, 2.75) is 20.8 Å². The van der Waals surface area contributed by atoms with E-state index in [4.69, 9.17) is 4.74 Å². The minimum atomic E-state index is -0.341. The molecular weight excluding hydrogens is 168 g/mol. The lowest BCUT2D eigenvalue weighted by Gasteiger charge is -2.23. The fourth-order valence-corrected chi connectivity index (χ4v) is 0.986. The molecule has 78 valence electrons. The van der Waals surface area contributed by atoms with E-state index in [1.807, 2.05) is 27.8 Å². The lowest BCUT2D eigenvalue weighted by molar-refractivity contribution is 0.0994. The number of hydrogen-bond donors (Lipinski definition) is 2. The van der Waals surface area contributed by atoms with E-state index in [0.717, 1.165) is 6.54 Å². The third kappa shape index (κ3) is 6.40. The molecule has 0 aromatic rings. The Kier molecular flexibility index (Phi) is 5.46. The van der Waals surface area contributed by atoms with Crippen molar-refractivity contribution in [1.82, 2.24) is 10.6 Å². The summed E-state index contributed by atoms with van der Waals surface area (Å²) in [6, 6.07) is 0. The fraction of sp³-hybridized carbons (Fsp3) is 0.889. The Morgan fingerprint density at radius 3 is 2.54 bits per heavy atom. The number of hydrogen-bond acceptors (Lipinski definition) is 3. The molecule has 13 heavy (non-hydrogen) atoms. The second kappa shape index (κ2) is 5.80. The molecule has 4 nitrogen and oxygen atoms in total. The Hall–Kier alpha value is -0.770. The van der Waals surface area contributed by atoms with Crippen LogP contribution in [0.1, 0.15) is 20.8 Å². The number of carbonyl (C=O) groups is 1. The van der Waals surface area contributed by atoms with E-state index in [2.05, 4.69) is 10.6 Å². The summed E-state index contributed by atoms with van der Waals surface area (Å²) in [6.07, 6.45) is -0.341. The molecule has 0 rings (SSSR count). The van der Waals surface area contributed by atoms with E-state index in [0.29, 0.717) is 13.2 Å². The molecule has 0 bridgehead atoms. The lowest BCUT2D eigenvalue weighted by atomic mass is 9.95. The Balaban J connectivity index is 3.67. The molecule has 2 N–H and O–H groups in total. The van der Waals surface area contributed by atoms with Crippen LogP contribution in [0, 0.1) is 5.41 Å². The zero-order chi connectivity index (χ0) is 10.3. The van der Waals surface area contributed by atoms with Gasteiger partial charge in [0.2, 0.25) is 0 Å². The van der Waals surface area contributed by atoms with Crippen LogP contribution in [0.4, 0.5) is 4.79 Å². The Morgan fingerprint density at radius 2 is 2.08 bits per heavy atom. The van der Waals surface area contributed by atoms with Gasteiger partial charge in [-0.3, -0.25) is 0 Å². The van der Waals surface area contributed by atoms with E-state index in [1.165, 1.54) is 0 Å². The highest BCUT2D eigenvalue weighted by molar-refractivity contribution is 5.66. The first-order valence-electron chi connectivity index (χ1n) is 4.57. The van der Waals surface area contributed by atoms with E-state index in [9.17, 15) is 4.79 Å². The minimum absolute atomic E-state index is 0.0141. The molecule has 0 atom stereocenters. The molecule has 1 amide bonds. The normalized spacial score (nSPS) is 11.1. The van der Waals surface area contributed by atoms with Gasteiger partial charge in [-0.15, -0.1) is 0 Å². The molecular formula is C9H20N2O2. The molecule has 4 heteroatoms. The van der Waals surface area contributed by atoms with Crippen LogP contribution in [0.25, 0.3) is 0 Å². The Morgan fingerprint density at radius 1 is 1.46 bits per heavy atom. The summed E-state index contributed by atoms with van der Waals surface area (Å²) in [5.74, 6) is 0. The van der Waals surface area contributed by atoms with Crippen LogP contribution in [0.2, 0.25) is 0 Å². The second-order valence-electron chi connectivity index (χ2n) is 3.80. The fourth-order valence-electron chi connectivity index (χ4n) is 0.986. The summed E-state index contributed by atoms with van der Waals surface area (Å²) in [5, 5.41) is 5.63. The zero-order valence-corrected chi connectivity index (χ0v) is 8.94. The predicted octanol–water partition coefficient (Wildman–Crippen LogP) is 0.978. The van der Waals surface area contributed by atoms with E-state index < -0.39 is 0 Å². The second-order valence-corrected chi connectivity index (χ2v) is 3.80. The van der Waals surface area contributed by atoms with E-state index >= 15 is 0 Å². The molecule has 0 aromatic carbocycles. The SMILES string of the molecule is CCNC(=O)OCC(C)(C)CNC. The van der Waals surface area contributed by atoms with Gasteiger partial charge in [0, 0.05) is 18.5 Å². The molecule has 0 saturated carbocycles. The average Bonchev–Trinajstić information content (AvgIpc) is 2.02. The monoisotopic (exact) mass is 188 g/mol. The minimum Gasteiger partial charge on any atom is -0.449 e. The third-order valence-corrected chi connectivity index (χ3v) is 1.57. The standard InChI is InChI=1S/C9H20N2O2/c1-5-11-8(12)13-7-9(2,3)6-10-4/h10H,5-7H2,1-4H3,(H,11,12). The van der Waals surface area contributed by atoms with Crippen molar-refractivity contribution in [3.8, 4) is 0 Å². The van der Waals surface area contributed by atoms with Gasteiger partial charge in [-0.05, 0) is 14.0 Å². The number of rotatable bonds is 5. The summed E-state index contributed by atoms with van der Waals surface area (Å²) in [4.78, 5) is 10.9. The summed E-state index contributed by atoms with van der Waals surface area (Å²) < 4.78 is 5.01. The summed E-state index contributed by atoms with van der Waals surface area (Å²) >= 11 is 0. The van der Waals surface area contributed by atoms with Gasteiger partial charge < -0.3 is 15.4 Å². The largest absolute Gasteiger partial charge is 0.449 e. The van der Waals surface area contributed by atoms with Gasteiger partial charge in [0.1, 0.15) is 0 Å². The highest BCUT2D eigenvalue weighted by Gasteiger charge is 2.18. The lowest BCUT2D eigenvalue weighted by Crippen LogP contribution is -2.34. The summed E-state index contributed by atoms with van der Waals surface area (Å²) in [6.45, 7) is 7.81. The van der Waals surface area contributed by atoms with Crippen LogP contribution in [-0.2, 0) is 4.74 Å². The number of amides is 1. The Labute approximate surface area is 80.0 Å². The van der Waals surface area contributed by atoms with Gasteiger partial charge >= 0.3 is 6.09 Å². The quantitative estimate of drug-likeness (QED) is 0.676. The van der Waals surface area contributed by atoms with Crippen LogP contribution < -0.4 is 10.6 Å². The predicted molar refractivity (Wildman–Crippen MR) is 52.7 cm³/mol. The maximum absolute atomic E-state index is 10.9. The highest BCUT2D eigenvalue weighted by atomic mass is 16.5. The van der Waals surface area contributed by atoms with Crippen molar-refractivity contribution in [1.29, 1.82) is 0 Å². The molecule has 0 radical (unpaired) electrons. The van der Waals surface area contributed by atoms with Crippen LogP contribution in [0.15, 0.2) is 0 Å². The van der Waals surface area contributed by atoms with Crippen molar-refractivity contribution in [3.05, 3.63) is 0 Å². The topological polar surface area (TPSA) is 50.4 Å². The molecule has 0 aliphatic rings. The van der Waals surface area contributed by atoms with Gasteiger partial charge in [0.15, 0.2) is 0 Å². The number of nitrogens with one attached hydrogen (secondary N) is 2. The van der Waals surface area contributed by atoms with Gasteiger partial charge in [-0.1, -0.05) is 13.8 Å². The molecule has 0 aliphatic carbocycles. The van der Waals surface area contributed by atoms with E-state index in [1.54, 1.807) is 0 Å². The maximum atomic E-state index is 10.9. The van der Waals surface area contributed by atoms with Crippen molar-refractivity contribution < 1.29 is 9.53 Å². The molecule has 0 unspecified atom stereocenters. The van der Waals surface area contributed by atoms with Crippen LogP contribution in [0.3, 0.4) is 0 Å². The highest BCUT2D eigenvalue weighted by Crippen LogP contribution is 2.13. The van der Waals surface area contributed by atoms with Crippen molar-refractivity contribution in [2.24, 2.45) is 5.41 Å². The Bertz CT molecular complexity index is 158. The van der Waals surface area contributed by atoms with Gasteiger partial charge in [0.25, 0.3) is 0 Å². The molecule has 0 saturated heterocycles. The first kappa shape index (κ1) is 12.2. The first-order chi connectivity index (χ1) is 6.02. The van der Waals surface area contributed by atoms with Crippen molar-refractivity contribution >= 4 is 6.09 Å². The first-order valence-corrected chi connectivity index (χ1v) is 4.57. The van der Waals surface area contributed by atoms with Gasteiger partial charge in [-0.25, -0.2) is 4.79 Å². The van der Waals surface area contributed by atoms with Gasteiger partial charge in [-0.2, -0.15) is 0 Å². The van der Waals surface area contributed by atoms with Gasteiger partial charge in [0.05, 0.1) is 6.61 Å². The zero-order valence-electron chi connectivity index (χ0n) is 8.94. The molecule has 0 fully saturated rings. The third-order valence-electron chi connectivity index (χ3n) is 1.57. The molecule has 0 aliphatic heterocycles.